The van der Waals surface area contributed by atoms with E-state index in [2.05, 4.69) is 16.0 Å². The van der Waals surface area contributed by atoms with E-state index in [1.165, 1.54) is 12.1 Å². The average Bonchev–Trinajstić information content (AvgIpc) is 3.35. The van der Waals surface area contributed by atoms with Crippen molar-refractivity contribution in [3.63, 3.8) is 0 Å². The maximum Gasteiger partial charge on any atom is 0.324 e. The van der Waals surface area contributed by atoms with E-state index in [4.69, 9.17) is 0 Å². The predicted octanol–water partition coefficient (Wildman–Crippen LogP) is 2.07. The standard InChI is InChI=1S/C22H20N6O6/c29-19(8-10-27-21(31)12-23-22(27)32)24-15-1-3-16(4-2-15)25-20(30)13-26-9-7-14-11-17(28(33)34)5-6-18(14)26/h1-7,9,11H,8,10,12-13H2,(H,23,32)(H,24,29)(H,25,30). The molecule has 0 bridgehead atoms. The van der Waals surface area contributed by atoms with Gasteiger partial charge in [0.1, 0.15) is 6.54 Å². The van der Waals surface area contributed by atoms with Crippen LogP contribution in [-0.2, 0) is 20.9 Å². The summed E-state index contributed by atoms with van der Waals surface area (Å²) in [6, 6.07) is 12.1. The molecule has 0 unspecified atom stereocenters. The molecule has 3 aromatic rings. The molecule has 0 atom stereocenters. The van der Waals surface area contributed by atoms with Crippen LogP contribution in [0, 0.1) is 10.1 Å². The lowest BCUT2D eigenvalue weighted by Gasteiger charge is -2.12. The van der Waals surface area contributed by atoms with E-state index < -0.39 is 11.0 Å². The lowest BCUT2D eigenvalue weighted by atomic mass is 10.2. The number of carbonyl (C=O) groups excluding carboxylic acids is 4. The second kappa shape index (κ2) is 9.40. The number of carbonyl (C=O) groups is 4. The number of nitro benzene ring substituents is 1. The highest BCUT2D eigenvalue weighted by Gasteiger charge is 2.28. The molecule has 174 valence electrons. The highest BCUT2D eigenvalue weighted by molar-refractivity contribution is 6.02. The average molecular weight is 464 g/mol. The molecule has 2 heterocycles. The molecular formula is C22H20N6O6. The van der Waals surface area contributed by atoms with Crippen LogP contribution < -0.4 is 16.0 Å². The zero-order chi connectivity index (χ0) is 24.2. The number of aromatic nitrogens is 1. The van der Waals surface area contributed by atoms with Crippen LogP contribution >= 0.6 is 0 Å². The van der Waals surface area contributed by atoms with Crippen molar-refractivity contribution in [2.24, 2.45) is 0 Å². The monoisotopic (exact) mass is 464 g/mol. The number of imide groups is 1. The number of nitrogens with one attached hydrogen (secondary N) is 3. The van der Waals surface area contributed by atoms with Crippen LogP contribution in [0.25, 0.3) is 10.9 Å². The molecule has 0 spiro atoms. The van der Waals surface area contributed by atoms with Crippen molar-refractivity contribution in [1.82, 2.24) is 14.8 Å². The fourth-order valence-electron chi connectivity index (χ4n) is 3.55. The van der Waals surface area contributed by atoms with Crippen molar-refractivity contribution in [3.8, 4) is 0 Å². The maximum atomic E-state index is 12.5. The minimum atomic E-state index is -0.507. The van der Waals surface area contributed by atoms with Gasteiger partial charge in [0, 0.05) is 53.6 Å². The van der Waals surface area contributed by atoms with Gasteiger partial charge in [0.2, 0.25) is 17.7 Å². The minimum absolute atomic E-state index is 0.00787. The van der Waals surface area contributed by atoms with E-state index in [-0.39, 0.29) is 49.5 Å². The third-order valence-corrected chi connectivity index (χ3v) is 5.23. The van der Waals surface area contributed by atoms with Gasteiger partial charge in [0.25, 0.3) is 5.69 Å². The number of hydrogen-bond donors (Lipinski definition) is 3. The van der Waals surface area contributed by atoms with Crippen molar-refractivity contribution in [2.45, 2.75) is 13.0 Å². The fraction of sp³-hybridized carbons (Fsp3) is 0.182. The van der Waals surface area contributed by atoms with Gasteiger partial charge in [-0.25, -0.2) is 4.79 Å². The lowest BCUT2D eigenvalue weighted by molar-refractivity contribution is -0.384. The topological polar surface area (TPSA) is 156 Å². The predicted molar refractivity (Wildman–Crippen MR) is 122 cm³/mol. The quantitative estimate of drug-likeness (QED) is 0.263. The largest absolute Gasteiger partial charge is 0.338 e. The Bertz CT molecular complexity index is 1280. The molecule has 3 N–H and O–H groups in total. The number of fused-ring (bicyclic) bond motifs is 1. The van der Waals surface area contributed by atoms with Crippen LogP contribution in [0.15, 0.2) is 54.7 Å². The van der Waals surface area contributed by atoms with E-state index in [9.17, 15) is 29.3 Å². The molecule has 0 aliphatic carbocycles. The number of non-ortho nitro benzene ring substituents is 1. The second-order valence-corrected chi connectivity index (χ2v) is 7.57. The van der Waals surface area contributed by atoms with E-state index in [1.54, 1.807) is 47.2 Å². The highest BCUT2D eigenvalue weighted by Crippen LogP contribution is 2.22. The normalized spacial score (nSPS) is 13.1. The maximum absolute atomic E-state index is 12.5. The van der Waals surface area contributed by atoms with Gasteiger partial charge in [-0.1, -0.05) is 0 Å². The molecule has 0 saturated carbocycles. The number of anilines is 2. The number of nitrogens with zero attached hydrogens (tertiary/aromatic N) is 3. The minimum Gasteiger partial charge on any atom is -0.338 e. The zero-order valence-electron chi connectivity index (χ0n) is 17.8. The first-order valence-electron chi connectivity index (χ1n) is 10.3. The number of rotatable bonds is 8. The summed E-state index contributed by atoms with van der Waals surface area (Å²) in [6.07, 6.45) is 1.65. The molecule has 12 nitrogen and oxygen atoms in total. The third-order valence-electron chi connectivity index (χ3n) is 5.23. The molecule has 1 saturated heterocycles. The molecule has 0 radical (unpaired) electrons. The Hall–Kier alpha value is -4.74. The van der Waals surface area contributed by atoms with Gasteiger partial charge in [-0.05, 0) is 36.4 Å². The van der Waals surface area contributed by atoms with Gasteiger partial charge in [-0.2, -0.15) is 0 Å². The molecule has 2 aromatic carbocycles. The SMILES string of the molecule is O=C(CCN1C(=O)CNC1=O)Nc1ccc(NC(=O)Cn2ccc3cc([N+](=O)[O-])ccc32)cc1. The van der Waals surface area contributed by atoms with Crippen LogP contribution in [0.2, 0.25) is 0 Å². The first-order valence-corrected chi connectivity index (χ1v) is 10.3. The van der Waals surface area contributed by atoms with E-state index >= 15 is 0 Å². The van der Waals surface area contributed by atoms with Gasteiger partial charge in [0.15, 0.2) is 0 Å². The van der Waals surface area contributed by atoms with Crippen LogP contribution in [0.1, 0.15) is 6.42 Å². The number of amides is 5. The lowest BCUT2D eigenvalue weighted by Crippen LogP contribution is -2.33. The van der Waals surface area contributed by atoms with Crippen LogP contribution in [0.3, 0.4) is 0 Å². The van der Waals surface area contributed by atoms with Gasteiger partial charge in [-0.3, -0.25) is 29.4 Å². The summed E-state index contributed by atoms with van der Waals surface area (Å²) < 4.78 is 1.69. The first kappa shape index (κ1) is 22.5. The van der Waals surface area contributed by atoms with Gasteiger partial charge in [0.05, 0.1) is 11.5 Å². The molecule has 1 fully saturated rings. The number of nitro groups is 1. The Morgan fingerprint density at radius 1 is 1.00 bits per heavy atom. The Balaban J connectivity index is 1.29. The number of hydrogen-bond acceptors (Lipinski definition) is 6. The number of urea groups is 1. The highest BCUT2D eigenvalue weighted by atomic mass is 16.6. The van der Waals surface area contributed by atoms with Crippen molar-refractivity contribution in [2.75, 3.05) is 23.7 Å². The number of benzene rings is 2. The Morgan fingerprint density at radius 2 is 1.68 bits per heavy atom. The van der Waals surface area contributed by atoms with Gasteiger partial charge >= 0.3 is 6.03 Å². The Labute approximate surface area is 192 Å². The summed E-state index contributed by atoms with van der Waals surface area (Å²) >= 11 is 0. The molecule has 12 heteroatoms. The van der Waals surface area contributed by atoms with Crippen molar-refractivity contribution >= 4 is 51.7 Å². The summed E-state index contributed by atoms with van der Waals surface area (Å²) in [4.78, 5) is 59.0. The summed E-state index contributed by atoms with van der Waals surface area (Å²) in [6.45, 7) is -0.0502. The van der Waals surface area contributed by atoms with Gasteiger partial charge < -0.3 is 20.5 Å². The Morgan fingerprint density at radius 3 is 2.29 bits per heavy atom. The van der Waals surface area contributed by atoms with Crippen molar-refractivity contribution < 1.29 is 24.1 Å². The Kier molecular flexibility index (Phi) is 6.21. The van der Waals surface area contributed by atoms with E-state index in [0.29, 0.717) is 22.3 Å². The first-order chi connectivity index (χ1) is 16.3. The summed E-state index contributed by atoms with van der Waals surface area (Å²) in [5.74, 6) is -1.02. The summed E-state index contributed by atoms with van der Waals surface area (Å²) in [5.41, 5.74) is 1.71. The molecule has 34 heavy (non-hydrogen) atoms. The molecular weight excluding hydrogens is 444 g/mol. The molecule has 5 amide bonds. The zero-order valence-corrected chi connectivity index (χ0v) is 17.8. The van der Waals surface area contributed by atoms with E-state index in [1.807, 2.05) is 0 Å². The molecule has 1 aromatic heterocycles. The van der Waals surface area contributed by atoms with E-state index in [0.717, 1.165) is 4.90 Å². The smallest absolute Gasteiger partial charge is 0.324 e. The van der Waals surface area contributed by atoms with Crippen LogP contribution in [-0.4, -0.2) is 51.2 Å². The summed E-state index contributed by atoms with van der Waals surface area (Å²) in [5, 5.41) is 19.4. The summed E-state index contributed by atoms with van der Waals surface area (Å²) in [7, 11) is 0. The second-order valence-electron chi connectivity index (χ2n) is 7.57. The van der Waals surface area contributed by atoms with Crippen molar-refractivity contribution in [1.29, 1.82) is 0 Å². The third kappa shape index (κ3) is 5.01. The fourth-order valence-corrected chi connectivity index (χ4v) is 3.55. The molecule has 1 aliphatic rings. The van der Waals surface area contributed by atoms with Crippen molar-refractivity contribution in [3.05, 3.63) is 64.8 Å². The van der Waals surface area contributed by atoms with Crippen LogP contribution in [0.4, 0.5) is 21.9 Å². The van der Waals surface area contributed by atoms with Gasteiger partial charge in [-0.15, -0.1) is 0 Å². The molecule has 1 aliphatic heterocycles. The molecule has 4 rings (SSSR count). The van der Waals surface area contributed by atoms with Crippen LogP contribution in [0.5, 0.6) is 0 Å².